The number of benzene rings is 1. The van der Waals surface area contributed by atoms with Crippen LogP contribution < -0.4 is 16.6 Å². The number of imide groups is 1. The number of hydrogen-bond acceptors (Lipinski definition) is 7. The largest absolute Gasteiger partial charge is 0.353 e. The third-order valence-corrected chi connectivity index (χ3v) is 6.07. The minimum absolute atomic E-state index is 0.0173. The number of imidazole rings is 1. The Kier molecular flexibility index (Phi) is 6.01. The normalized spacial score (nSPS) is 15.1. The zero-order chi connectivity index (χ0) is 23.7. The van der Waals surface area contributed by atoms with Crippen molar-refractivity contribution in [3.05, 3.63) is 68.0 Å². The van der Waals surface area contributed by atoms with Gasteiger partial charge in [-0.3, -0.25) is 33.2 Å². The molecule has 170 valence electrons. The van der Waals surface area contributed by atoms with Crippen molar-refractivity contribution < 1.29 is 14.4 Å². The van der Waals surface area contributed by atoms with Crippen LogP contribution in [0.15, 0.2) is 51.2 Å². The van der Waals surface area contributed by atoms with Gasteiger partial charge in [-0.15, -0.1) is 0 Å². The molecule has 3 amide bonds. The number of aryl methyl sites for hydroxylation is 1. The summed E-state index contributed by atoms with van der Waals surface area (Å²) in [5, 5.41) is 2.24. The van der Waals surface area contributed by atoms with Crippen LogP contribution in [-0.2, 0) is 30.2 Å². The summed E-state index contributed by atoms with van der Waals surface area (Å²) in [5.74, 6) is -0.842. The first-order valence-corrected chi connectivity index (χ1v) is 10.8. The summed E-state index contributed by atoms with van der Waals surface area (Å²) in [7, 11) is 2.84. The van der Waals surface area contributed by atoms with Gasteiger partial charge in [-0.2, -0.15) is 0 Å². The summed E-state index contributed by atoms with van der Waals surface area (Å²) in [6.45, 7) is -0.137. The summed E-state index contributed by atoms with van der Waals surface area (Å²) < 4.78 is 3.53. The molecule has 0 atom stereocenters. The van der Waals surface area contributed by atoms with Crippen molar-refractivity contribution in [3.8, 4) is 0 Å². The van der Waals surface area contributed by atoms with Crippen molar-refractivity contribution in [1.82, 2.24) is 28.9 Å². The molecule has 0 bridgehead atoms. The molecule has 3 heterocycles. The molecule has 33 heavy (non-hydrogen) atoms. The molecular formula is C21H20N6O5S. The number of thioether (sulfide) groups is 1. The molecule has 0 saturated carbocycles. The number of hydrogen-bond donors (Lipinski definition) is 1. The van der Waals surface area contributed by atoms with Crippen LogP contribution in [0, 0.1) is 0 Å². The fraction of sp³-hybridized carbons (Fsp3) is 0.238. The predicted octanol–water partition coefficient (Wildman–Crippen LogP) is 0.286. The van der Waals surface area contributed by atoms with Gasteiger partial charge in [-0.1, -0.05) is 30.3 Å². The van der Waals surface area contributed by atoms with Gasteiger partial charge >= 0.3 is 5.69 Å². The minimum Gasteiger partial charge on any atom is -0.353 e. The van der Waals surface area contributed by atoms with Crippen LogP contribution in [0.2, 0.25) is 0 Å². The van der Waals surface area contributed by atoms with E-state index in [1.54, 1.807) is 6.08 Å². The van der Waals surface area contributed by atoms with Gasteiger partial charge in [0, 0.05) is 27.2 Å². The van der Waals surface area contributed by atoms with E-state index in [-0.39, 0.29) is 30.8 Å². The van der Waals surface area contributed by atoms with Crippen molar-refractivity contribution in [2.75, 3.05) is 13.1 Å². The fourth-order valence-corrected chi connectivity index (χ4v) is 4.29. The molecule has 0 radical (unpaired) electrons. The summed E-state index contributed by atoms with van der Waals surface area (Å²) in [6, 6.07) is 9.20. The molecule has 3 aromatic rings. The van der Waals surface area contributed by atoms with Gasteiger partial charge in [0.2, 0.25) is 5.91 Å². The zero-order valence-electron chi connectivity index (χ0n) is 17.8. The standard InChI is InChI=1S/C21H20N6O5S/c1-24-17-16(19(30)25(2)20(24)31)26(12-23-17)11-15(28)22-8-9-27-18(29)14(33-21(27)32)10-13-6-4-3-5-7-13/h3-7,10,12H,8-9,11H2,1-2H3,(H,22,28)/b14-10+. The SMILES string of the molecule is Cn1c(=O)c2c(ncn2CC(=O)NCCN2C(=O)S/C(=C/c3ccccc3)C2=O)n(C)c1=O. The Balaban J connectivity index is 1.39. The highest BCUT2D eigenvalue weighted by atomic mass is 32.2. The molecule has 1 aromatic carbocycles. The van der Waals surface area contributed by atoms with Gasteiger partial charge in [0.25, 0.3) is 16.7 Å². The van der Waals surface area contributed by atoms with Gasteiger partial charge in [-0.05, 0) is 23.4 Å². The van der Waals surface area contributed by atoms with Gasteiger partial charge in [0.1, 0.15) is 6.54 Å². The molecule has 0 spiro atoms. The maximum Gasteiger partial charge on any atom is 0.332 e. The van der Waals surface area contributed by atoms with Crippen LogP contribution in [0.1, 0.15) is 5.56 Å². The molecule has 1 aliphatic rings. The lowest BCUT2D eigenvalue weighted by Gasteiger charge is -2.13. The quantitative estimate of drug-likeness (QED) is 0.515. The average molecular weight is 468 g/mol. The van der Waals surface area contributed by atoms with E-state index < -0.39 is 28.3 Å². The molecule has 1 fully saturated rings. The number of carbonyl (C=O) groups is 3. The van der Waals surface area contributed by atoms with E-state index in [0.29, 0.717) is 4.91 Å². The van der Waals surface area contributed by atoms with Crippen molar-refractivity contribution in [2.45, 2.75) is 6.54 Å². The first-order chi connectivity index (χ1) is 15.8. The van der Waals surface area contributed by atoms with E-state index in [9.17, 15) is 24.0 Å². The molecule has 1 saturated heterocycles. The predicted molar refractivity (Wildman–Crippen MR) is 122 cm³/mol. The molecule has 2 aromatic heterocycles. The number of carbonyl (C=O) groups excluding carboxylic acids is 3. The summed E-state index contributed by atoms with van der Waals surface area (Å²) >= 11 is 0.855. The van der Waals surface area contributed by atoms with Gasteiger partial charge in [-0.25, -0.2) is 9.78 Å². The minimum atomic E-state index is -0.554. The first-order valence-electron chi connectivity index (χ1n) is 9.96. The van der Waals surface area contributed by atoms with Gasteiger partial charge < -0.3 is 9.88 Å². The first kappa shape index (κ1) is 22.3. The Morgan fingerprint density at radius 1 is 1.09 bits per heavy atom. The molecule has 4 rings (SSSR count). The second-order valence-electron chi connectivity index (χ2n) is 7.34. The van der Waals surface area contributed by atoms with Gasteiger partial charge in [0.05, 0.1) is 11.2 Å². The third-order valence-electron chi connectivity index (χ3n) is 5.16. The highest BCUT2D eigenvalue weighted by Crippen LogP contribution is 2.31. The van der Waals surface area contributed by atoms with E-state index in [1.165, 1.54) is 29.6 Å². The number of amides is 3. The smallest absolute Gasteiger partial charge is 0.332 e. The van der Waals surface area contributed by atoms with Crippen LogP contribution in [0.5, 0.6) is 0 Å². The van der Waals surface area contributed by atoms with E-state index in [4.69, 9.17) is 0 Å². The Bertz CT molecular complexity index is 1420. The van der Waals surface area contributed by atoms with E-state index in [2.05, 4.69) is 10.3 Å². The lowest BCUT2D eigenvalue weighted by atomic mass is 10.2. The van der Waals surface area contributed by atoms with Crippen molar-refractivity contribution in [1.29, 1.82) is 0 Å². The third kappa shape index (κ3) is 4.24. The maximum absolute atomic E-state index is 12.6. The number of nitrogens with one attached hydrogen (secondary N) is 1. The second-order valence-corrected chi connectivity index (χ2v) is 8.34. The second kappa shape index (κ2) is 8.90. The van der Waals surface area contributed by atoms with Crippen LogP contribution in [0.3, 0.4) is 0 Å². The van der Waals surface area contributed by atoms with E-state index in [0.717, 1.165) is 26.8 Å². The average Bonchev–Trinajstić information content (AvgIpc) is 3.33. The monoisotopic (exact) mass is 468 g/mol. The van der Waals surface area contributed by atoms with Crippen molar-refractivity contribution >= 4 is 46.1 Å². The van der Waals surface area contributed by atoms with E-state index in [1.807, 2.05) is 30.3 Å². The fourth-order valence-electron chi connectivity index (χ4n) is 3.43. The highest BCUT2D eigenvalue weighted by molar-refractivity contribution is 8.18. The van der Waals surface area contributed by atoms with Crippen LogP contribution in [0.25, 0.3) is 17.2 Å². The Labute approximate surface area is 191 Å². The Morgan fingerprint density at radius 2 is 1.82 bits per heavy atom. The van der Waals surface area contributed by atoms with Crippen LogP contribution in [-0.4, -0.2) is 53.7 Å². The molecule has 0 aliphatic carbocycles. The molecule has 12 heteroatoms. The van der Waals surface area contributed by atoms with E-state index >= 15 is 0 Å². The van der Waals surface area contributed by atoms with Crippen molar-refractivity contribution in [3.63, 3.8) is 0 Å². The number of nitrogens with zero attached hydrogens (tertiary/aromatic N) is 5. The molecule has 0 unspecified atom stereocenters. The number of rotatable bonds is 6. The topological polar surface area (TPSA) is 128 Å². The van der Waals surface area contributed by atoms with Crippen molar-refractivity contribution in [2.24, 2.45) is 14.1 Å². The number of aromatic nitrogens is 4. The molecular weight excluding hydrogens is 448 g/mol. The summed E-state index contributed by atoms with van der Waals surface area (Å²) in [5.41, 5.74) is 0.0558. The molecule has 1 N–H and O–H groups in total. The Hall–Kier alpha value is -3.93. The Morgan fingerprint density at radius 3 is 2.55 bits per heavy atom. The lowest BCUT2D eigenvalue weighted by molar-refractivity contribution is -0.124. The zero-order valence-corrected chi connectivity index (χ0v) is 18.7. The molecule has 11 nitrogen and oxygen atoms in total. The molecule has 1 aliphatic heterocycles. The van der Waals surface area contributed by atoms with Gasteiger partial charge in [0.15, 0.2) is 11.2 Å². The summed E-state index contributed by atoms with van der Waals surface area (Å²) in [6.07, 6.45) is 2.97. The number of fused-ring (bicyclic) bond motifs is 1. The van der Waals surface area contributed by atoms with Crippen LogP contribution >= 0.6 is 11.8 Å². The summed E-state index contributed by atoms with van der Waals surface area (Å²) in [4.78, 5) is 67.1. The lowest BCUT2D eigenvalue weighted by Crippen LogP contribution is -2.39. The van der Waals surface area contributed by atoms with Crippen LogP contribution in [0.4, 0.5) is 4.79 Å². The maximum atomic E-state index is 12.6. The highest BCUT2D eigenvalue weighted by Gasteiger charge is 2.34.